The first-order valence-corrected chi connectivity index (χ1v) is 12.5. The highest BCUT2D eigenvalue weighted by Crippen LogP contribution is 2.19. The Morgan fingerprint density at radius 3 is 1.82 bits per heavy atom. The summed E-state index contributed by atoms with van der Waals surface area (Å²) in [6.45, 7) is 12.0. The molecule has 0 unspecified atom stereocenters. The lowest BCUT2D eigenvalue weighted by Crippen LogP contribution is -1.99. The summed E-state index contributed by atoms with van der Waals surface area (Å²) in [6, 6.07) is 20.0. The van der Waals surface area contributed by atoms with Crippen LogP contribution in [0.15, 0.2) is 86.2 Å². The second-order valence-electron chi connectivity index (χ2n) is 8.38. The quantitative estimate of drug-likeness (QED) is 0.0792. The number of benzene rings is 3. The maximum absolute atomic E-state index is 11.2. The molecule has 0 bridgehead atoms. The number of esters is 1. The Bertz CT molecular complexity index is 1350. The van der Waals surface area contributed by atoms with Gasteiger partial charge in [-0.15, -0.1) is 0 Å². The van der Waals surface area contributed by atoms with Gasteiger partial charge in [-0.2, -0.15) is 0 Å². The van der Waals surface area contributed by atoms with Gasteiger partial charge < -0.3 is 14.2 Å². The first-order chi connectivity index (χ1) is 18.6. The molecule has 0 heterocycles. The minimum atomic E-state index is -0.435. The van der Waals surface area contributed by atoms with E-state index in [1.165, 1.54) is 17.4 Å². The Labute approximate surface area is 226 Å². The van der Waals surface area contributed by atoms with E-state index in [1.54, 1.807) is 0 Å². The Morgan fingerprint density at radius 1 is 0.763 bits per heavy atom. The second kappa shape index (κ2) is 14.9. The SMILES string of the molecule is C=COCOCc1ccc(C#Cc2c(CC)cc(C#Cc3ccc(COC(=O)C=C)cc3)cc2CC)cc1. The lowest BCUT2D eigenvalue weighted by Gasteiger charge is -2.09. The third kappa shape index (κ3) is 8.56. The standard InChI is InChI=1S/C34H32O4/c1-5-31-21-30(18-13-26-11-16-29(17-12-26)24-38-34(35)7-3)22-32(6-2)33(31)20-19-27-9-14-28(15-10-27)23-37-25-36-8-4/h7-12,14-17,21-22H,3-6,23-25H2,1-2H3. The Hall–Kier alpha value is -4.51. The van der Waals surface area contributed by atoms with Crippen LogP contribution in [0.4, 0.5) is 0 Å². The van der Waals surface area contributed by atoms with E-state index in [0.717, 1.165) is 52.3 Å². The molecule has 192 valence electrons. The van der Waals surface area contributed by atoms with E-state index in [9.17, 15) is 4.79 Å². The van der Waals surface area contributed by atoms with Crippen LogP contribution in [0.3, 0.4) is 0 Å². The van der Waals surface area contributed by atoms with Crippen LogP contribution in [0.25, 0.3) is 0 Å². The summed E-state index contributed by atoms with van der Waals surface area (Å²) in [5, 5.41) is 0. The molecule has 0 radical (unpaired) electrons. The predicted molar refractivity (Wildman–Crippen MR) is 151 cm³/mol. The monoisotopic (exact) mass is 504 g/mol. The van der Waals surface area contributed by atoms with Crippen molar-refractivity contribution in [2.24, 2.45) is 0 Å². The van der Waals surface area contributed by atoms with Gasteiger partial charge in [-0.3, -0.25) is 0 Å². The molecule has 3 aromatic rings. The first-order valence-electron chi connectivity index (χ1n) is 12.5. The molecule has 0 spiro atoms. The molecule has 0 fully saturated rings. The fraction of sp³-hybridized carbons (Fsp3) is 0.206. The molecule has 38 heavy (non-hydrogen) atoms. The van der Waals surface area contributed by atoms with Crippen LogP contribution in [0.2, 0.25) is 0 Å². The van der Waals surface area contributed by atoms with Gasteiger partial charge in [-0.25, -0.2) is 4.79 Å². The second-order valence-corrected chi connectivity index (χ2v) is 8.38. The molecule has 0 aromatic heterocycles. The number of aryl methyl sites for hydroxylation is 2. The summed E-state index contributed by atoms with van der Waals surface area (Å²) < 4.78 is 15.5. The maximum Gasteiger partial charge on any atom is 0.330 e. The number of ether oxygens (including phenoxy) is 3. The summed E-state index contributed by atoms with van der Waals surface area (Å²) in [5.74, 6) is 12.8. The molecular formula is C34H32O4. The average Bonchev–Trinajstić information content (AvgIpc) is 2.96. The van der Waals surface area contributed by atoms with Gasteiger partial charge in [0.05, 0.1) is 12.9 Å². The zero-order chi connectivity index (χ0) is 27.2. The Kier molecular flexibility index (Phi) is 11.0. The molecular weight excluding hydrogens is 472 g/mol. The van der Waals surface area contributed by atoms with E-state index in [0.29, 0.717) is 6.61 Å². The smallest absolute Gasteiger partial charge is 0.330 e. The molecule has 0 aliphatic heterocycles. The van der Waals surface area contributed by atoms with E-state index in [1.807, 2.05) is 48.5 Å². The molecule has 4 nitrogen and oxygen atoms in total. The average molecular weight is 505 g/mol. The highest BCUT2D eigenvalue weighted by atomic mass is 16.7. The summed E-state index contributed by atoms with van der Waals surface area (Å²) in [4.78, 5) is 11.2. The number of carbonyl (C=O) groups excluding carboxylic acids is 1. The van der Waals surface area contributed by atoms with Gasteiger partial charge in [-0.1, -0.05) is 75.0 Å². The maximum atomic E-state index is 11.2. The molecule has 0 saturated heterocycles. The molecule has 3 rings (SSSR count). The summed E-state index contributed by atoms with van der Waals surface area (Å²) in [7, 11) is 0. The van der Waals surface area contributed by atoms with E-state index in [2.05, 4.69) is 62.8 Å². The van der Waals surface area contributed by atoms with Crippen LogP contribution in [-0.2, 0) is 45.1 Å². The van der Waals surface area contributed by atoms with Gasteiger partial charge in [0.1, 0.15) is 6.61 Å². The van der Waals surface area contributed by atoms with Crippen molar-refractivity contribution >= 4 is 5.97 Å². The predicted octanol–water partition coefficient (Wildman–Crippen LogP) is 6.47. The minimum absolute atomic E-state index is 0.187. The molecule has 0 atom stereocenters. The summed E-state index contributed by atoms with van der Waals surface area (Å²) >= 11 is 0. The van der Waals surface area contributed by atoms with Gasteiger partial charge in [-0.05, 0) is 71.5 Å². The van der Waals surface area contributed by atoms with Crippen molar-refractivity contribution in [1.29, 1.82) is 0 Å². The lowest BCUT2D eigenvalue weighted by molar-refractivity contribution is -0.138. The highest BCUT2D eigenvalue weighted by Gasteiger charge is 2.07. The van der Waals surface area contributed by atoms with E-state index >= 15 is 0 Å². The van der Waals surface area contributed by atoms with Crippen molar-refractivity contribution in [3.05, 3.63) is 131 Å². The van der Waals surface area contributed by atoms with Crippen LogP contribution in [-0.4, -0.2) is 12.8 Å². The molecule has 3 aromatic carbocycles. The molecule has 0 aliphatic carbocycles. The highest BCUT2D eigenvalue weighted by molar-refractivity contribution is 5.81. The molecule has 0 saturated carbocycles. The normalized spacial score (nSPS) is 9.84. The first kappa shape index (κ1) is 28.1. The van der Waals surface area contributed by atoms with Gasteiger partial charge >= 0.3 is 5.97 Å². The van der Waals surface area contributed by atoms with Crippen LogP contribution in [0.5, 0.6) is 0 Å². The van der Waals surface area contributed by atoms with Crippen LogP contribution >= 0.6 is 0 Å². The fourth-order valence-corrected chi connectivity index (χ4v) is 3.67. The number of carbonyl (C=O) groups is 1. The van der Waals surface area contributed by atoms with E-state index < -0.39 is 5.97 Å². The minimum Gasteiger partial charge on any atom is -0.476 e. The third-order valence-electron chi connectivity index (χ3n) is 5.74. The number of hydrogen-bond donors (Lipinski definition) is 0. The molecule has 0 aliphatic rings. The third-order valence-corrected chi connectivity index (χ3v) is 5.74. The van der Waals surface area contributed by atoms with Crippen LogP contribution < -0.4 is 0 Å². The van der Waals surface area contributed by atoms with Crippen LogP contribution in [0.1, 0.15) is 58.4 Å². The molecule has 4 heteroatoms. The number of hydrogen-bond acceptors (Lipinski definition) is 4. The van der Waals surface area contributed by atoms with Gasteiger partial charge in [0.2, 0.25) is 0 Å². The fourth-order valence-electron chi connectivity index (χ4n) is 3.67. The largest absolute Gasteiger partial charge is 0.476 e. The van der Waals surface area contributed by atoms with E-state index in [-0.39, 0.29) is 13.4 Å². The van der Waals surface area contributed by atoms with Crippen molar-refractivity contribution in [2.45, 2.75) is 39.9 Å². The van der Waals surface area contributed by atoms with Crippen molar-refractivity contribution in [2.75, 3.05) is 6.79 Å². The zero-order valence-electron chi connectivity index (χ0n) is 22.0. The van der Waals surface area contributed by atoms with Crippen molar-refractivity contribution in [3.63, 3.8) is 0 Å². The summed E-state index contributed by atoms with van der Waals surface area (Å²) in [6.07, 6.45) is 4.25. The van der Waals surface area contributed by atoms with Crippen molar-refractivity contribution < 1.29 is 19.0 Å². The Balaban J connectivity index is 1.74. The molecule has 0 amide bonds. The van der Waals surface area contributed by atoms with Gasteiger partial charge in [0.25, 0.3) is 0 Å². The van der Waals surface area contributed by atoms with Gasteiger partial charge in [0.15, 0.2) is 6.79 Å². The lowest BCUT2D eigenvalue weighted by atomic mass is 9.94. The zero-order valence-corrected chi connectivity index (χ0v) is 22.0. The van der Waals surface area contributed by atoms with Gasteiger partial charge in [0, 0.05) is 28.3 Å². The molecule has 0 N–H and O–H groups in total. The Morgan fingerprint density at radius 2 is 1.29 bits per heavy atom. The van der Waals surface area contributed by atoms with E-state index in [4.69, 9.17) is 14.2 Å². The topological polar surface area (TPSA) is 44.8 Å². The number of rotatable bonds is 10. The summed E-state index contributed by atoms with van der Waals surface area (Å²) in [5.41, 5.74) is 8.22. The van der Waals surface area contributed by atoms with Crippen molar-refractivity contribution in [3.8, 4) is 23.7 Å². The van der Waals surface area contributed by atoms with Crippen LogP contribution in [0, 0.1) is 23.7 Å². The van der Waals surface area contributed by atoms with Crippen molar-refractivity contribution in [1.82, 2.24) is 0 Å².